The van der Waals surface area contributed by atoms with Gasteiger partial charge in [0.25, 0.3) is 0 Å². The average Bonchev–Trinajstić information content (AvgIpc) is 3.09. The van der Waals surface area contributed by atoms with E-state index in [1.807, 2.05) is 60.7 Å². The van der Waals surface area contributed by atoms with Crippen LogP contribution in [0.5, 0.6) is 0 Å². The number of likely N-dealkylation sites (tertiary alicyclic amines) is 1. The molecule has 1 atom stereocenters. The molecule has 1 unspecified atom stereocenters. The molecule has 0 spiro atoms. The molecule has 0 bridgehead atoms. The van der Waals surface area contributed by atoms with E-state index in [1.165, 1.54) is 4.90 Å². The molecule has 1 heterocycles. The van der Waals surface area contributed by atoms with Gasteiger partial charge in [-0.05, 0) is 24.0 Å². The van der Waals surface area contributed by atoms with Crippen LogP contribution in [0.3, 0.4) is 0 Å². The first-order chi connectivity index (χ1) is 12.6. The van der Waals surface area contributed by atoms with E-state index in [2.05, 4.69) is 0 Å². The molecule has 5 nitrogen and oxygen atoms in total. The summed E-state index contributed by atoms with van der Waals surface area (Å²) in [5, 5.41) is 9.87. The third kappa shape index (κ3) is 3.94. The summed E-state index contributed by atoms with van der Waals surface area (Å²) in [5.41, 5.74) is 0.586. The maximum Gasteiger partial charge on any atom is 0.332 e. The van der Waals surface area contributed by atoms with Crippen molar-refractivity contribution in [2.75, 3.05) is 13.2 Å². The largest absolute Gasteiger partial charge is 0.479 e. The number of nitrogens with zero attached hydrogens (tertiary/aromatic N) is 1. The van der Waals surface area contributed by atoms with Gasteiger partial charge in [-0.15, -0.1) is 0 Å². The maximum atomic E-state index is 12.8. The van der Waals surface area contributed by atoms with Crippen molar-refractivity contribution in [2.24, 2.45) is 0 Å². The number of carbonyl (C=O) groups excluding carboxylic acids is 1. The van der Waals surface area contributed by atoms with Gasteiger partial charge in [-0.1, -0.05) is 60.7 Å². The van der Waals surface area contributed by atoms with Crippen molar-refractivity contribution >= 4 is 11.9 Å². The molecular formula is C21H23NO4. The Morgan fingerprint density at radius 2 is 1.62 bits per heavy atom. The molecule has 1 amide bonds. The van der Waals surface area contributed by atoms with Crippen LogP contribution in [0.2, 0.25) is 0 Å². The highest BCUT2D eigenvalue weighted by Crippen LogP contribution is 2.31. The van der Waals surface area contributed by atoms with Crippen LogP contribution in [0.1, 0.15) is 24.0 Å². The number of carbonyl (C=O) groups is 2. The van der Waals surface area contributed by atoms with E-state index < -0.39 is 11.5 Å². The molecule has 1 aliphatic rings. The molecule has 2 aromatic carbocycles. The van der Waals surface area contributed by atoms with E-state index in [-0.39, 0.29) is 18.9 Å². The number of aliphatic carboxylic acids is 1. The number of benzene rings is 2. The second-order valence-corrected chi connectivity index (χ2v) is 6.63. The van der Waals surface area contributed by atoms with E-state index >= 15 is 0 Å². The van der Waals surface area contributed by atoms with Gasteiger partial charge in [0.05, 0.1) is 19.6 Å². The van der Waals surface area contributed by atoms with Crippen LogP contribution in [0.15, 0.2) is 60.7 Å². The Morgan fingerprint density at radius 3 is 2.23 bits per heavy atom. The number of carboxylic acids is 1. The Hall–Kier alpha value is -2.66. The van der Waals surface area contributed by atoms with Gasteiger partial charge in [0.15, 0.2) is 5.54 Å². The van der Waals surface area contributed by atoms with E-state index in [1.54, 1.807) is 0 Å². The fourth-order valence-corrected chi connectivity index (χ4v) is 3.45. The molecule has 3 rings (SSSR count). The van der Waals surface area contributed by atoms with Crippen LogP contribution in [0.4, 0.5) is 0 Å². The fraction of sp³-hybridized carbons (Fsp3) is 0.333. The normalized spacial score (nSPS) is 19.5. The zero-order valence-electron chi connectivity index (χ0n) is 14.6. The second-order valence-electron chi connectivity index (χ2n) is 6.63. The lowest BCUT2D eigenvalue weighted by Gasteiger charge is -2.34. The van der Waals surface area contributed by atoms with Crippen molar-refractivity contribution in [3.05, 3.63) is 71.8 Å². The molecule has 0 aliphatic carbocycles. The predicted octanol–water partition coefficient (Wildman–Crippen LogP) is 2.89. The molecule has 0 saturated carbocycles. The number of amides is 1. The highest BCUT2D eigenvalue weighted by Gasteiger charge is 2.50. The summed E-state index contributed by atoms with van der Waals surface area (Å²) in [6.07, 6.45) is 1.29. The van der Waals surface area contributed by atoms with Crippen LogP contribution < -0.4 is 0 Å². The quantitative estimate of drug-likeness (QED) is 0.831. The predicted molar refractivity (Wildman–Crippen MR) is 97.6 cm³/mol. The van der Waals surface area contributed by atoms with E-state index in [4.69, 9.17) is 4.74 Å². The van der Waals surface area contributed by atoms with Crippen LogP contribution in [-0.4, -0.2) is 40.6 Å². The first kappa shape index (κ1) is 18.1. The smallest absolute Gasteiger partial charge is 0.332 e. The summed E-state index contributed by atoms with van der Waals surface area (Å²) in [6, 6.07) is 19.0. The van der Waals surface area contributed by atoms with Crippen LogP contribution >= 0.6 is 0 Å². The van der Waals surface area contributed by atoms with Crippen LogP contribution in [0, 0.1) is 0 Å². The van der Waals surface area contributed by atoms with E-state index in [9.17, 15) is 14.7 Å². The lowest BCUT2D eigenvalue weighted by atomic mass is 9.96. The third-order valence-electron chi connectivity index (χ3n) is 4.84. The summed E-state index contributed by atoms with van der Waals surface area (Å²) in [5.74, 6) is -1.16. The van der Waals surface area contributed by atoms with E-state index in [0.29, 0.717) is 26.0 Å². The standard InChI is InChI=1S/C21H23NO4/c23-19(14-17-8-3-1-4-9-17)22-13-7-12-21(22,20(24)25)16-26-15-18-10-5-2-6-11-18/h1-6,8-11H,7,12-16H2,(H,24,25). The fourth-order valence-electron chi connectivity index (χ4n) is 3.45. The molecule has 0 radical (unpaired) electrons. The molecule has 1 N–H and O–H groups in total. The Morgan fingerprint density at radius 1 is 1.00 bits per heavy atom. The Labute approximate surface area is 153 Å². The summed E-state index contributed by atoms with van der Waals surface area (Å²) in [7, 11) is 0. The van der Waals surface area contributed by atoms with Crippen LogP contribution in [-0.2, 0) is 27.4 Å². The molecule has 136 valence electrons. The second kappa shape index (κ2) is 8.15. The maximum absolute atomic E-state index is 12.8. The number of hydrogen-bond donors (Lipinski definition) is 1. The molecular weight excluding hydrogens is 330 g/mol. The Kier molecular flexibility index (Phi) is 5.68. The van der Waals surface area contributed by atoms with Gasteiger partial charge < -0.3 is 14.7 Å². The summed E-state index contributed by atoms with van der Waals surface area (Å²) < 4.78 is 5.72. The number of hydrogen-bond acceptors (Lipinski definition) is 3. The molecule has 1 aliphatic heterocycles. The van der Waals surface area contributed by atoms with Crippen molar-refractivity contribution in [1.82, 2.24) is 4.90 Å². The summed E-state index contributed by atoms with van der Waals surface area (Å²) >= 11 is 0. The lowest BCUT2D eigenvalue weighted by molar-refractivity contribution is -0.161. The van der Waals surface area contributed by atoms with Gasteiger partial charge in [-0.3, -0.25) is 4.79 Å². The molecule has 0 aromatic heterocycles. The minimum Gasteiger partial charge on any atom is -0.479 e. The van der Waals surface area contributed by atoms with Gasteiger partial charge in [0.1, 0.15) is 0 Å². The minimum absolute atomic E-state index is 0.00222. The lowest BCUT2D eigenvalue weighted by Crippen LogP contribution is -2.56. The van der Waals surface area contributed by atoms with Crippen molar-refractivity contribution < 1.29 is 19.4 Å². The summed E-state index contributed by atoms with van der Waals surface area (Å²) in [6.45, 7) is 0.779. The highest BCUT2D eigenvalue weighted by molar-refractivity contribution is 5.89. The van der Waals surface area contributed by atoms with Crippen molar-refractivity contribution in [3.63, 3.8) is 0 Å². The Balaban J connectivity index is 1.69. The van der Waals surface area contributed by atoms with Gasteiger partial charge in [0, 0.05) is 6.54 Å². The van der Waals surface area contributed by atoms with Gasteiger partial charge in [0.2, 0.25) is 5.91 Å². The van der Waals surface area contributed by atoms with Gasteiger partial charge in [-0.25, -0.2) is 4.79 Å². The number of ether oxygens (including phenoxy) is 1. The first-order valence-corrected chi connectivity index (χ1v) is 8.81. The van der Waals surface area contributed by atoms with Crippen molar-refractivity contribution in [3.8, 4) is 0 Å². The van der Waals surface area contributed by atoms with Crippen molar-refractivity contribution in [2.45, 2.75) is 31.4 Å². The molecule has 2 aromatic rings. The summed E-state index contributed by atoms with van der Waals surface area (Å²) in [4.78, 5) is 26.3. The number of carboxylic acid groups (broad SMARTS) is 1. The first-order valence-electron chi connectivity index (χ1n) is 8.81. The SMILES string of the molecule is O=C(Cc1ccccc1)N1CCCC1(COCc1ccccc1)C(=O)O. The van der Waals surface area contributed by atoms with Gasteiger partial charge in [-0.2, -0.15) is 0 Å². The zero-order chi connectivity index (χ0) is 18.4. The third-order valence-corrected chi connectivity index (χ3v) is 4.84. The monoisotopic (exact) mass is 353 g/mol. The Bertz CT molecular complexity index is 747. The van der Waals surface area contributed by atoms with Crippen molar-refractivity contribution in [1.29, 1.82) is 0 Å². The highest BCUT2D eigenvalue weighted by atomic mass is 16.5. The molecule has 5 heteroatoms. The average molecular weight is 353 g/mol. The molecule has 1 saturated heterocycles. The van der Waals surface area contributed by atoms with Crippen LogP contribution in [0.25, 0.3) is 0 Å². The zero-order valence-corrected chi connectivity index (χ0v) is 14.6. The topological polar surface area (TPSA) is 66.8 Å². The molecule has 26 heavy (non-hydrogen) atoms. The minimum atomic E-state index is -1.28. The number of rotatable bonds is 7. The van der Waals surface area contributed by atoms with Gasteiger partial charge >= 0.3 is 5.97 Å². The van der Waals surface area contributed by atoms with E-state index in [0.717, 1.165) is 11.1 Å². The molecule has 1 fully saturated rings.